The van der Waals surface area contributed by atoms with Gasteiger partial charge in [-0.05, 0) is 18.6 Å². The van der Waals surface area contributed by atoms with Crippen LogP contribution in [0.25, 0.3) is 0 Å². The molecule has 2 N–H and O–H groups in total. The van der Waals surface area contributed by atoms with Crippen molar-refractivity contribution in [1.29, 1.82) is 0 Å². The monoisotopic (exact) mass is 314 g/mol. The van der Waals surface area contributed by atoms with E-state index < -0.39 is 21.9 Å². The highest BCUT2D eigenvalue weighted by molar-refractivity contribution is 7.89. The highest BCUT2D eigenvalue weighted by atomic mass is 32.2. The zero-order valence-corrected chi connectivity index (χ0v) is 12.7. The number of hydrogen-bond donors (Lipinski definition) is 1. The molecule has 7 nitrogen and oxygen atoms in total. The van der Waals surface area contributed by atoms with Gasteiger partial charge in [0.25, 0.3) is 0 Å². The standard InChI is InChI=1S/C13H18N2O5S/c1-19-11-7-10(14)3-4-12(11)21(17,18)15-6-5-9(8-15)13(16)20-2/h3-4,7,9H,5-6,8,14H2,1-2H3. The molecule has 1 aromatic carbocycles. The van der Waals surface area contributed by atoms with Crippen LogP contribution in [0.1, 0.15) is 6.42 Å². The van der Waals surface area contributed by atoms with Gasteiger partial charge in [-0.2, -0.15) is 4.31 Å². The average molecular weight is 314 g/mol. The molecule has 1 aliphatic heterocycles. The Labute approximate surface area is 123 Å². The Morgan fingerprint density at radius 3 is 2.71 bits per heavy atom. The van der Waals surface area contributed by atoms with Gasteiger partial charge in [0.05, 0.1) is 20.1 Å². The SMILES string of the molecule is COC(=O)C1CCN(S(=O)(=O)c2ccc(N)cc2OC)C1. The van der Waals surface area contributed by atoms with Crippen LogP contribution in [0.3, 0.4) is 0 Å². The number of nitrogen functional groups attached to an aromatic ring is 1. The van der Waals surface area contributed by atoms with Gasteiger partial charge >= 0.3 is 5.97 Å². The molecule has 1 unspecified atom stereocenters. The third-order valence-corrected chi connectivity index (χ3v) is 5.40. The van der Waals surface area contributed by atoms with E-state index in [1.165, 1.54) is 36.7 Å². The van der Waals surface area contributed by atoms with Crippen molar-refractivity contribution in [1.82, 2.24) is 4.31 Å². The van der Waals surface area contributed by atoms with E-state index in [-0.39, 0.29) is 23.7 Å². The first-order valence-electron chi connectivity index (χ1n) is 6.41. The van der Waals surface area contributed by atoms with Crippen molar-refractivity contribution < 1.29 is 22.7 Å². The summed E-state index contributed by atoms with van der Waals surface area (Å²) in [5.74, 6) is -0.627. The van der Waals surface area contributed by atoms with E-state index in [4.69, 9.17) is 10.5 Å². The number of nitrogens with zero attached hydrogens (tertiary/aromatic N) is 1. The summed E-state index contributed by atoms with van der Waals surface area (Å²) in [6.07, 6.45) is 0.448. The van der Waals surface area contributed by atoms with Crippen LogP contribution in [0.2, 0.25) is 0 Å². The summed E-state index contributed by atoms with van der Waals surface area (Å²) in [5, 5.41) is 0. The van der Waals surface area contributed by atoms with Crippen LogP contribution < -0.4 is 10.5 Å². The number of carbonyl (C=O) groups is 1. The maximum absolute atomic E-state index is 12.6. The number of carbonyl (C=O) groups excluding carboxylic acids is 1. The number of anilines is 1. The molecule has 1 atom stereocenters. The molecule has 0 bridgehead atoms. The fourth-order valence-corrected chi connectivity index (χ4v) is 3.98. The first-order valence-corrected chi connectivity index (χ1v) is 7.85. The van der Waals surface area contributed by atoms with Crippen LogP contribution >= 0.6 is 0 Å². The van der Waals surface area contributed by atoms with Crippen molar-refractivity contribution in [2.24, 2.45) is 5.92 Å². The van der Waals surface area contributed by atoms with Gasteiger partial charge in [0.2, 0.25) is 10.0 Å². The molecule has 0 radical (unpaired) electrons. The molecule has 0 aromatic heterocycles. The molecule has 2 rings (SSSR count). The third kappa shape index (κ3) is 2.96. The van der Waals surface area contributed by atoms with E-state index in [1.807, 2.05) is 0 Å². The number of benzene rings is 1. The van der Waals surface area contributed by atoms with Crippen molar-refractivity contribution in [3.05, 3.63) is 18.2 Å². The lowest BCUT2D eigenvalue weighted by Gasteiger charge is -2.18. The second kappa shape index (κ2) is 5.90. The van der Waals surface area contributed by atoms with Gasteiger partial charge in [-0.15, -0.1) is 0 Å². The Hall–Kier alpha value is -1.80. The van der Waals surface area contributed by atoms with E-state index >= 15 is 0 Å². The molecule has 0 aliphatic carbocycles. The number of sulfonamides is 1. The smallest absolute Gasteiger partial charge is 0.310 e. The van der Waals surface area contributed by atoms with Gasteiger partial charge < -0.3 is 15.2 Å². The van der Waals surface area contributed by atoms with Crippen LogP contribution in [0.5, 0.6) is 5.75 Å². The van der Waals surface area contributed by atoms with Gasteiger partial charge in [0.15, 0.2) is 0 Å². The normalized spacial score (nSPS) is 19.4. The molecule has 1 heterocycles. The minimum atomic E-state index is -3.73. The van der Waals surface area contributed by atoms with Crippen molar-refractivity contribution in [2.75, 3.05) is 33.0 Å². The van der Waals surface area contributed by atoms with E-state index in [2.05, 4.69) is 4.74 Å². The molecule has 1 aromatic rings. The molecule has 1 fully saturated rings. The molecular formula is C13H18N2O5S. The molecule has 0 spiro atoms. The summed E-state index contributed by atoms with van der Waals surface area (Å²) in [5.41, 5.74) is 6.05. The minimum Gasteiger partial charge on any atom is -0.495 e. The number of hydrogen-bond acceptors (Lipinski definition) is 6. The lowest BCUT2D eigenvalue weighted by atomic mass is 10.1. The lowest BCUT2D eigenvalue weighted by Crippen LogP contribution is -2.30. The second-order valence-corrected chi connectivity index (χ2v) is 6.69. The molecule has 21 heavy (non-hydrogen) atoms. The van der Waals surface area contributed by atoms with E-state index in [1.54, 1.807) is 0 Å². The molecule has 0 saturated carbocycles. The largest absolute Gasteiger partial charge is 0.495 e. The fraction of sp³-hybridized carbons (Fsp3) is 0.462. The van der Waals surface area contributed by atoms with Gasteiger partial charge in [-0.3, -0.25) is 4.79 Å². The van der Waals surface area contributed by atoms with Gasteiger partial charge in [0, 0.05) is 24.8 Å². The molecule has 0 amide bonds. The number of rotatable bonds is 4. The molecule has 1 saturated heterocycles. The highest BCUT2D eigenvalue weighted by Crippen LogP contribution is 2.31. The molecular weight excluding hydrogens is 296 g/mol. The predicted molar refractivity (Wildman–Crippen MR) is 76.3 cm³/mol. The summed E-state index contributed by atoms with van der Waals surface area (Å²) in [4.78, 5) is 11.6. The summed E-state index contributed by atoms with van der Waals surface area (Å²) < 4.78 is 36.3. The number of nitrogens with two attached hydrogens (primary N) is 1. The van der Waals surface area contributed by atoms with E-state index in [9.17, 15) is 13.2 Å². The Bertz CT molecular complexity index is 644. The van der Waals surface area contributed by atoms with Crippen molar-refractivity contribution >= 4 is 21.7 Å². The number of methoxy groups -OCH3 is 2. The molecule has 116 valence electrons. The van der Waals surface area contributed by atoms with Crippen LogP contribution in [0, 0.1) is 5.92 Å². The average Bonchev–Trinajstić information content (AvgIpc) is 2.96. The van der Waals surface area contributed by atoms with Gasteiger partial charge in [0.1, 0.15) is 10.6 Å². The number of ether oxygens (including phenoxy) is 2. The Balaban J connectivity index is 2.30. The molecule has 8 heteroatoms. The Morgan fingerprint density at radius 1 is 1.38 bits per heavy atom. The van der Waals surface area contributed by atoms with Crippen LogP contribution in [-0.2, 0) is 19.6 Å². The summed E-state index contributed by atoms with van der Waals surface area (Å²) in [6, 6.07) is 4.37. The second-order valence-electron chi connectivity index (χ2n) is 4.78. The number of esters is 1. The van der Waals surface area contributed by atoms with Crippen LogP contribution in [0.15, 0.2) is 23.1 Å². The summed E-state index contributed by atoms with van der Waals surface area (Å²) >= 11 is 0. The first kappa shape index (κ1) is 15.6. The Morgan fingerprint density at radius 2 is 2.10 bits per heavy atom. The third-order valence-electron chi connectivity index (χ3n) is 3.49. The van der Waals surface area contributed by atoms with Crippen molar-refractivity contribution in [2.45, 2.75) is 11.3 Å². The van der Waals surface area contributed by atoms with E-state index in [0.29, 0.717) is 12.1 Å². The maximum Gasteiger partial charge on any atom is 0.310 e. The van der Waals surface area contributed by atoms with Gasteiger partial charge in [-0.1, -0.05) is 0 Å². The highest BCUT2D eigenvalue weighted by Gasteiger charge is 2.37. The maximum atomic E-state index is 12.6. The quantitative estimate of drug-likeness (QED) is 0.640. The summed E-state index contributed by atoms with van der Waals surface area (Å²) in [7, 11) is -1.05. The Kier molecular flexibility index (Phi) is 4.38. The zero-order valence-electron chi connectivity index (χ0n) is 11.9. The van der Waals surface area contributed by atoms with E-state index in [0.717, 1.165) is 0 Å². The van der Waals surface area contributed by atoms with Crippen LogP contribution in [-0.4, -0.2) is 46.0 Å². The first-order chi connectivity index (χ1) is 9.90. The molecule has 1 aliphatic rings. The lowest BCUT2D eigenvalue weighted by molar-refractivity contribution is -0.144. The summed E-state index contributed by atoms with van der Waals surface area (Å²) in [6.45, 7) is 0.387. The fourth-order valence-electron chi connectivity index (χ4n) is 2.34. The minimum absolute atomic E-state index is 0.0460. The van der Waals surface area contributed by atoms with Crippen LogP contribution in [0.4, 0.5) is 5.69 Å². The van der Waals surface area contributed by atoms with Crippen molar-refractivity contribution in [3.63, 3.8) is 0 Å². The predicted octanol–water partition coefficient (Wildman–Crippen LogP) is 0.461. The zero-order chi connectivity index (χ0) is 15.6. The van der Waals surface area contributed by atoms with Gasteiger partial charge in [-0.25, -0.2) is 8.42 Å². The van der Waals surface area contributed by atoms with Crippen molar-refractivity contribution in [3.8, 4) is 5.75 Å². The topological polar surface area (TPSA) is 98.9 Å².